The summed E-state index contributed by atoms with van der Waals surface area (Å²) in [4.78, 5) is 6.89. The molecule has 0 bridgehead atoms. The molecule has 1 aliphatic heterocycles. The molecular weight excluding hydrogens is 258 g/mol. The first-order valence-corrected chi connectivity index (χ1v) is 8.49. The van der Waals surface area contributed by atoms with Gasteiger partial charge < -0.3 is 10.2 Å². The van der Waals surface area contributed by atoms with Gasteiger partial charge >= 0.3 is 0 Å². The number of pyridine rings is 1. The Labute approximate surface area is 130 Å². The topological polar surface area (TPSA) is 28.2 Å². The summed E-state index contributed by atoms with van der Waals surface area (Å²) in [5, 5.41) is 3.52. The molecule has 1 aliphatic rings. The Kier molecular flexibility index (Phi) is 6.04. The Morgan fingerprint density at radius 3 is 2.76 bits per heavy atom. The molecule has 2 rings (SSSR count). The molecule has 1 N–H and O–H groups in total. The van der Waals surface area contributed by atoms with Crippen LogP contribution in [0.2, 0.25) is 0 Å². The van der Waals surface area contributed by atoms with E-state index in [0.717, 1.165) is 18.4 Å². The Morgan fingerprint density at radius 1 is 1.24 bits per heavy atom. The minimum atomic E-state index is 0.507. The zero-order chi connectivity index (χ0) is 15.2. The Bertz CT molecular complexity index is 428. The van der Waals surface area contributed by atoms with Crippen molar-refractivity contribution < 1.29 is 0 Å². The molecule has 1 aromatic rings. The summed E-state index contributed by atoms with van der Waals surface area (Å²) in [6, 6.07) is 2.69. The second-order valence-corrected chi connectivity index (χ2v) is 6.96. The van der Waals surface area contributed by atoms with E-state index in [1.165, 1.54) is 43.6 Å². The number of hydrogen-bond acceptors (Lipinski definition) is 3. The van der Waals surface area contributed by atoms with Crippen LogP contribution in [0.4, 0.5) is 5.69 Å². The van der Waals surface area contributed by atoms with Crippen molar-refractivity contribution in [1.29, 1.82) is 0 Å². The van der Waals surface area contributed by atoms with Crippen molar-refractivity contribution in [2.75, 3.05) is 18.0 Å². The molecule has 0 aromatic carbocycles. The fourth-order valence-corrected chi connectivity index (χ4v) is 3.21. The highest BCUT2D eigenvalue weighted by Gasteiger charge is 2.20. The average molecular weight is 289 g/mol. The van der Waals surface area contributed by atoms with E-state index in [0.29, 0.717) is 6.04 Å². The molecule has 0 radical (unpaired) electrons. The average Bonchev–Trinajstić information content (AvgIpc) is 2.71. The van der Waals surface area contributed by atoms with Gasteiger partial charge in [-0.3, -0.25) is 4.98 Å². The van der Waals surface area contributed by atoms with Crippen molar-refractivity contribution in [3.8, 4) is 0 Å². The second kappa shape index (κ2) is 7.79. The minimum absolute atomic E-state index is 0.507. The smallest absolute Gasteiger partial charge is 0.0442 e. The number of anilines is 1. The number of nitrogens with one attached hydrogen (secondary N) is 1. The van der Waals surface area contributed by atoms with Gasteiger partial charge in [-0.05, 0) is 37.2 Å². The lowest BCUT2D eigenvalue weighted by molar-refractivity contribution is 0.351. The van der Waals surface area contributed by atoms with Crippen LogP contribution in [0, 0.1) is 11.8 Å². The van der Waals surface area contributed by atoms with Crippen LogP contribution >= 0.6 is 0 Å². The van der Waals surface area contributed by atoms with Gasteiger partial charge in [0.15, 0.2) is 0 Å². The summed E-state index contributed by atoms with van der Waals surface area (Å²) < 4.78 is 0. The molecule has 1 fully saturated rings. The van der Waals surface area contributed by atoms with Gasteiger partial charge in [0.25, 0.3) is 0 Å². The van der Waals surface area contributed by atoms with E-state index >= 15 is 0 Å². The Morgan fingerprint density at radius 2 is 2.05 bits per heavy atom. The van der Waals surface area contributed by atoms with Gasteiger partial charge in [0.2, 0.25) is 0 Å². The van der Waals surface area contributed by atoms with Crippen molar-refractivity contribution in [2.24, 2.45) is 11.8 Å². The van der Waals surface area contributed by atoms with E-state index in [2.05, 4.69) is 49.0 Å². The van der Waals surface area contributed by atoms with Gasteiger partial charge in [-0.2, -0.15) is 0 Å². The van der Waals surface area contributed by atoms with Gasteiger partial charge in [0, 0.05) is 49.3 Å². The highest BCUT2D eigenvalue weighted by atomic mass is 15.1. The summed E-state index contributed by atoms with van der Waals surface area (Å²) in [5.41, 5.74) is 2.71. The van der Waals surface area contributed by atoms with Crippen molar-refractivity contribution >= 4 is 5.69 Å². The van der Waals surface area contributed by atoms with Gasteiger partial charge in [0.05, 0.1) is 0 Å². The van der Waals surface area contributed by atoms with Gasteiger partial charge in [0.1, 0.15) is 0 Å². The first-order chi connectivity index (χ1) is 10.1. The molecule has 118 valence electrons. The van der Waals surface area contributed by atoms with Crippen LogP contribution in [0.5, 0.6) is 0 Å². The van der Waals surface area contributed by atoms with E-state index in [1.54, 1.807) is 0 Å². The molecular formula is C18H31N3. The summed E-state index contributed by atoms with van der Waals surface area (Å²) in [6.07, 6.45) is 7.95. The third-order valence-corrected chi connectivity index (χ3v) is 4.63. The zero-order valence-electron chi connectivity index (χ0n) is 14.1. The predicted octanol–water partition coefficient (Wildman–Crippen LogP) is 3.84. The molecule has 1 aromatic heterocycles. The maximum Gasteiger partial charge on any atom is 0.0442 e. The molecule has 3 nitrogen and oxygen atoms in total. The van der Waals surface area contributed by atoms with Crippen LogP contribution in [0.15, 0.2) is 18.5 Å². The third-order valence-electron chi connectivity index (χ3n) is 4.63. The largest absolute Gasteiger partial charge is 0.371 e. The number of aromatic nitrogens is 1. The summed E-state index contributed by atoms with van der Waals surface area (Å²) in [7, 11) is 0. The predicted molar refractivity (Wildman–Crippen MR) is 90.6 cm³/mol. The SMILES string of the molecule is CC(C)NCc1cnccc1N1CCCC(C(C)C)CC1. The first kappa shape index (κ1) is 16.3. The number of nitrogens with zero attached hydrogens (tertiary/aromatic N) is 2. The summed E-state index contributed by atoms with van der Waals surface area (Å²) in [5.74, 6) is 1.69. The first-order valence-electron chi connectivity index (χ1n) is 8.49. The maximum atomic E-state index is 4.32. The van der Waals surface area contributed by atoms with Crippen molar-refractivity contribution in [3.05, 3.63) is 24.0 Å². The van der Waals surface area contributed by atoms with E-state index in [9.17, 15) is 0 Å². The van der Waals surface area contributed by atoms with Gasteiger partial charge in [-0.25, -0.2) is 0 Å². The lowest BCUT2D eigenvalue weighted by Crippen LogP contribution is -2.28. The molecule has 0 amide bonds. The maximum absolute atomic E-state index is 4.32. The van der Waals surface area contributed by atoms with Crippen LogP contribution in [0.25, 0.3) is 0 Å². The summed E-state index contributed by atoms with van der Waals surface area (Å²) >= 11 is 0. The zero-order valence-corrected chi connectivity index (χ0v) is 14.1. The molecule has 21 heavy (non-hydrogen) atoms. The normalized spacial score (nSPS) is 20.1. The van der Waals surface area contributed by atoms with Crippen LogP contribution in [-0.4, -0.2) is 24.1 Å². The summed E-state index contributed by atoms with van der Waals surface area (Å²) in [6.45, 7) is 12.4. The lowest BCUT2D eigenvalue weighted by atomic mass is 9.89. The fourth-order valence-electron chi connectivity index (χ4n) is 3.21. The number of hydrogen-bond donors (Lipinski definition) is 1. The van der Waals surface area contributed by atoms with E-state index in [-0.39, 0.29) is 0 Å². The molecule has 0 aliphatic carbocycles. The fraction of sp³-hybridized carbons (Fsp3) is 0.722. The molecule has 3 heteroatoms. The van der Waals surface area contributed by atoms with E-state index < -0.39 is 0 Å². The molecule has 0 spiro atoms. The van der Waals surface area contributed by atoms with Crippen LogP contribution in [0.1, 0.15) is 52.5 Å². The van der Waals surface area contributed by atoms with Crippen LogP contribution in [0.3, 0.4) is 0 Å². The molecule has 1 saturated heterocycles. The molecule has 2 heterocycles. The molecule has 1 atom stereocenters. The van der Waals surface area contributed by atoms with Crippen LogP contribution < -0.4 is 10.2 Å². The Hall–Kier alpha value is -1.09. The third kappa shape index (κ3) is 4.70. The van der Waals surface area contributed by atoms with Crippen molar-refractivity contribution in [2.45, 2.75) is 59.5 Å². The van der Waals surface area contributed by atoms with Gasteiger partial charge in [-0.1, -0.05) is 27.7 Å². The van der Waals surface area contributed by atoms with E-state index in [1.807, 2.05) is 12.4 Å². The Balaban J connectivity index is 2.07. The second-order valence-electron chi connectivity index (χ2n) is 6.96. The monoisotopic (exact) mass is 289 g/mol. The molecule has 1 unspecified atom stereocenters. The standard InChI is InChI=1S/C18H31N3/c1-14(2)16-6-5-10-21(11-8-16)18-7-9-19-12-17(18)13-20-15(3)4/h7,9,12,14-16,20H,5-6,8,10-11,13H2,1-4H3. The van der Waals surface area contributed by atoms with Crippen molar-refractivity contribution in [3.63, 3.8) is 0 Å². The van der Waals surface area contributed by atoms with Crippen molar-refractivity contribution in [1.82, 2.24) is 10.3 Å². The number of rotatable bonds is 5. The van der Waals surface area contributed by atoms with E-state index in [4.69, 9.17) is 0 Å². The van der Waals surface area contributed by atoms with Gasteiger partial charge in [-0.15, -0.1) is 0 Å². The van der Waals surface area contributed by atoms with Crippen LogP contribution in [-0.2, 0) is 6.54 Å². The quantitative estimate of drug-likeness (QED) is 0.892. The molecule has 0 saturated carbocycles. The minimum Gasteiger partial charge on any atom is -0.371 e. The lowest BCUT2D eigenvalue weighted by Gasteiger charge is -2.26. The highest BCUT2D eigenvalue weighted by molar-refractivity contribution is 5.52. The highest BCUT2D eigenvalue weighted by Crippen LogP contribution is 2.28.